The molecular formula is C21H37N3O3S. The largest absolute Gasteiger partial charge is 0.377 e. The van der Waals surface area contributed by atoms with Gasteiger partial charge in [0.2, 0.25) is 15.9 Å². The second-order valence-electron chi connectivity index (χ2n) is 8.71. The molecule has 1 aromatic carbocycles. The van der Waals surface area contributed by atoms with Crippen molar-refractivity contribution < 1.29 is 13.2 Å². The van der Waals surface area contributed by atoms with Gasteiger partial charge in [-0.1, -0.05) is 34.6 Å². The van der Waals surface area contributed by atoms with Crippen molar-refractivity contribution in [1.82, 2.24) is 4.90 Å². The van der Waals surface area contributed by atoms with E-state index >= 15 is 0 Å². The summed E-state index contributed by atoms with van der Waals surface area (Å²) in [5.74, 6) is 0.208. The molecule has 0 spiro atoms. The van der Waals surface area contributed by atoms with E-state index in [9.17, 15) is 13.2 Å². The highest BCUT2D eigenvalue weighted by atomic mass is 32.2. The topological polar surface area (TPSA) is 69.7 Å². The van der Waals surface area contributed by atoms with E-state index in [4.69, 9.17) is 0 Å². The Hall–Kier alpha value is -1.76. The molecule has 0 unspecified atom stereocenters. The first-order chi connectivity index (χ1) is 12.9. The Bertz CT molecular complexity index is 753. The molecule has 0 bridgehead atoms. The van der Waals surface area contributed by atoms with Crippen molar-refractivity contribution in [1.29, 1.82) is 0 Å². The third-order valence-electron chi connectivity index (χ3n) is 4.20. The first-order valence-corrected chi connectivity index (χ1v) is 11.6. The highest BCUT2D eigenvalue weighted by Gasteiger charge is 2.22. The van der Waals surface area contributed by atoms with Crippen LogP contribution in [0.4, 0.5) is 11.4 Å². The molecule has 0 aliphatic rings. The van der Waals surface area contributed by atoms with Crippen LogP contribution in [0, 0.1) is 5.41 Å². The number of hydrogen-bond acceptors (Lipinski definition) is 4. The van der Waals surface area contributed by atoms with Gasteiger partial charge in [-0.15, -0.1) is 0 Å². The van der Waals surface area contributed by atoms with E-state index in [1.165, 1.54) is 0 Å². The number of anilines is 2. The van der Waals surface area contributed by atoms with Gasteiger partial charge in [0, 0.05) is 45.0 Å². The minimum Gasteiger partial charge on any atom is -0.377 e. The van der Waals surface area contributed by atoms with E-state index in [2.05, 4.69) is 32.4 Å². The van der Waals surface area contributed by atoms with Gasteiger partial charge in [-0.25, -0.2) is 8.42 Å². The van der Waals surface area contributed by atoms with Crippen LogP contribution in [0.25, 0.3) is 0 Å². The quantitative estimate of drug-likeness (QED) is 0.630. The van der Waals surface area contributed by atoms with Gasteiger partial charge in [0.05, 0.1) is 5.75 Å². The van der Waals surface area contributed by atoms with Crippen LogP contribution in [0.2, 0.25) is 0 Å². The van der Waals surface area contributed by atoms with Crippen molar-refractivity contribution in [3.05, 3.63) is 23.8 Å². The third-order valence-corrected chi connectivity index (χ3v) is 5.69. The van der Waals surface area contributed by atoms with E-state index in [0.717, 1.165) is 17.7 Å². The van der Waals surface area contributed by atoms with Crippen LogP contribution in [0.5, 0.6) is 0 Å². The lowest BCUT2D eigenvalue weighted by Crippen LogP contribution is -2.34. The van der Waals surface area contributed by atoms with Gasteiger partial charge in [0.15, 0.2) is 0 Å². The third kappa shape index (κ3) is 8.09. The summed E-state index contributed by atoms with van der Waals surface area (Å²) >= 11 is 0. The van der Waals surface area contributed by atoms with Crippen LogP contribution < -0.4 is 9.62 Å². The standard InChI is InChI=1S/C21H37N3O3S/c1-8-12-24(20(25)15-21(3,4)5)16-17-14-18(10-11-19(17)23(6)7)22-28(26,27)13-9-2/h10-11,14,22H,8-9,12-13,15-16H2,1-7H3. The second kappa shape index (κ2) is 10.1. The lowest BCUT2D eigenvalue weighted by molar-refractivity contribution is -0.133. The van der Waals surface area contributed by atoms with Crippen LogP contribution in [-0.4, -0.2) is 45.6 Å². The van der Waals surface area contributed by atoms with E-state index < -0.39 is 10.0 Å². The van der Waals surface area contributed by atoms with Crippen LogP contribution in [0.3, 0.4) is 0 Å². The van der Waals surface area contributed by atoms with Crippen molar-refractivity contribution >= 4 is 27.3 Å². The fraction of sp³-hybridized carbons (Fsp3) is 0.667. The van der Waals surface area contributed by atoms with Crippen LogP contribution in [0.15, 0.2) is 18.2 Å². The number of benzene rings is 1. The van der Waals surface area contributed by atoms with Crippen molar-refractivity contribution in [2.24, 2.45) is 5.41 Å². The maximum atomic E-state index is 12.8. The van der Waals surface area contributed by atoms with Crippen molar-refractivity contribution in [3.8, 4) is 0 Å². The summed E-state index contributed by atoms with van der Waals surface area (Å²) in [5, 5.41) is 0. The average molecular weight is 412 g/mol. The molecule has 0 radical (unpaired) electrons. The lowest BCUT2D eigenvalue weighted by Gasteiger charge is -2.28. The number of carbonyl (C=O) groups excluding carboxylic acids is 1. The molecule has 0 saturated carbocycles. The van der Waals surface area contributed by atoms with Gasteiger partial charge < -0.3 is 9.80 Å². The Balaban J connectivity index is 3.19. The van der Waals surface area contributed by atoms with Gasteiger partial charge in [0.25, 0.3) is 0 Å². The molecule has 1 amide bonds. The first kappa shape index (κ1) is 24.3. The molecule has 160 valence electrons. The Morgan fingerprint density at radius 3 is 2.25 bits per heavy atom. The summed E-state index contributed by atoms with van der Waals surface area (Å²) in [6, 6.07) is 5.51. The zero-order chi connectivity index (χ0) is 21.5. The number of hydrogen-bond donors (Lipinski definition) is 1. The van der Waals surface area contributed by atoms with Crippen LogP contribution >= 0.6 is 0 Å². The van der Waals surface area contributed by atoms with E-state index in [1.807, 2.05) is 43.0 Å². The zero-order valence-electron chi connectivity index (χ0n) is 18.5. The summed E-state index contributed by atoms with van der Waals surface area (Å²) in [7, 11) is 0.533. The summed E-state index contributed by atoms with van der Waals surface area (Å²) < 4.78 is 26.9. The average Bonchev–Trinajstić information content (AvgIpc) is 2.52. The maximum Gasteiger partial charge on any atom is 0.232 e. The number of nitrogens with one attached hydrogen (secondary N) is 1. The number of rotatable bonds is 10. The van der Waals surface area contributed by atoms with Gasteiger partial charge >= 0.3 is 0 Å². The molecule has 0 aromatic heterocycles. The molecule has 0 aliphatic heterocycles. The molecule has 0 saturated heterocycles. The number of sulfonamides is 1. The molecule has 1 rings (SSSR count). The van der Waals surface area contributed by atoms with Crippen molar-refractivity contribution in [3.63, 3.8) is 0 Å². The van der Waals surface area contributed by atoms with Gasteiger partial charge in [0.1, 0.15) is 0 Å². The summed E-state index contributed by atoms with van der Waals surface area (Å²) in [4.78, 5) is 16.7. The molecule has 1 aromatic rings. The SMILES string of the molecule is CCCN(Cc1cc(NS(=O)(=O)CCC)ccc1N(C)C)C(=O)CC(C)(C)C. The molecule has 7 heteroatoms. The Kier molecular flexibility index (Phi) is 8.79. The summed E-state index contributed by atoms with van der Waals surface area (Å²) in [6.07, 6.45) is 1.91. The molecule has 0 atom stereocenters. The predicted octanol–water partition coefficient (Wildman–Crippen LogP) is 4.08. The minimum absolute atomic E-state index is 0.0783. The van der Waals surface area contributed by atoms with Gasteiger partial charge in [-0.3, -0.25) is 9.52 Å². The van der Waals surface area contributed by atoms with Crippen LogP contribution in [0.1, 0.15) is 59.4 Å². The molecule has 0 fully saturated rings. The fourth-order valence-corrected chi connectivity index (χ4v) is 4.17. The summed E-state index contributed by atoms with van der Waals surface area (Å²) in [6.45, 7) is 11.2. The van der Waals surface area contributed by atoms with E-state index in [1.54, 1.807) is 6.07 Å². The molecular weight excluding hydrogens is 374 g/mol. The number of carbonyl (C=O) groups is 1. The zero-order valence-corrected chi connectivity index (χ0v) is 19.3. The smallest absolute Gasteiger partial charge is 0.232 e. The molecule has 0 aliphatic carbocycles. The Labute approximate surface area is 171 Å². The molecule has 0 heterocycles. The monoisotopic (exact) mass is 411 g/mol. The number of amides is 1. The molecule has 6 nitrogen and oxygen atoms in total. The molecule has 28 heavy (non-hydrogen) atoms. The van der Waals surface area contributed by atoms with Crippen molar-refractivity contribution in [2.75, 3.05) is 36.0 Å². The fourth-order valence-electron chi connectivity index (χ4n) is 3.04. The van der Waals surface area contributed by atoms with E-state index in [0.29, 0.717) is 31.6 Å². The van der Waals surface area contributed by atoms with Gasteiger partial charge in [-0.05, 0) is 42.0 Å². The maximum absolute atomic E-state index is 12.8. The normalized spacial score (nSPS) is 12.0. The predicted molar refractivity (Wildman–Crippen MR) is 118 cm³/mol. The Morgan fingerprint density at radius 2 is 1.75 bits per heavy atom. The highest BCUT2D eigenvalue weighted by Crippen LogP contribution is 2.27. The van der Waals surface area contributed by atoms with Gasteiger partial charge in [-0.2, -0.15) is 0 Å². The summed E-state index contributed by atoms with van der Waals surface area (Å²) in [5.41, 5.74) is 2.36. The minimum atomic E-state index is -3.36. The second-order valence-corrected chi connectivity index (χ2v) is 10.6. The van der Waals surface area contributed by atoms with Crippen molar-refractivity contribution in [2.45, 2.75) is 60.4 Å². The highest BCUT2D eigenvalue weighted by molar-refractivity contribution is 7.92. The lowest BCUT2D eigenvalue weighted by atomic mass is 9.91. The first-order valence-electron chi connectivity index (χ1n) is 9.97. The van der Waals surface area contributed by atoms with E-state index in [-0.39, 0.29) is 17.1 Å². The number of nitrogens with zero attached hydrogens (tertiary/aromatic N) is 2. The Morgan fingerprint density at radius 1 is 1.11 bits per heavy atom. The van der Waals surface area contributed by atoms with Crippen LogP contribution in [-0.2, 0) is 21.4 Å². The molecule has 1 N–H and O–H groups in total.